The van der Waals surface area contributed by atoms with Crippen molar-refractivity contribution in [3.05, 3.63) is 22.2 Å². The molecule has 1 heterocycles. The number of aldehydes is 1. The largest absolute Gasteiger partial charge is 0.298 e. The molecule has 0 amide bonds. The lowest BCUT2D eigenvalue weighted by Gasteiger charge is -2.08. The van der Waals surface area contributed by atoms with Crippen LogP contribution in [-0.2, 0) is 0 Å². The van der Waals surface area contributed by atoms with E-state index in [0.717, 1.165) is 0 Å². The fraction of sp³-hybridized carbons (Fsp3) is 0.444. The number of nitrogens with zero attached hydrogens (tertiary/aromatic N) is 2. The summed E-state index contributed by atoms with van der Waals surface area (Å²) in [4.78, 5) is 18.8. The van der Waals surface area contributed by atoms with Gasteiger partial charge in [0, 0.05) is 0 Å². The zero-order chi connectivity index (χ0) is 10.0. The summed E-state index contributed by atoms with van der Waals surface area (Å²) in [7, 11) is 0. The van der Waals surface area contributed by atoms with Crippen LogP contribution in [0.2, 0.25) is 5.15 Å². The Morgan fingerprint density at radius 1 is 1.38 bits per heavy atom. The van der Waals surface area contributed by atoms with Crippen LogP contribution in [0.5, 0.6) is 0 Å². The molecule has 0 saturated carbocycles. The second-order valence-corrected chi connectivity index (χ2v) is 3.49. The molecular weight excluding hydrogens is 188 g/mol. The fourth-order valence-electron chi connectivity index (χ4n) is 1.12. The minimum absolute atomic E-state index is 0.180. The van der Waals surface area contributed by atoms with Gasteiger partial charge in [-0.15, -0.1) is 0 Å². The van der Waals surface area contributed by atoms with Crippen LogP contribution in [0, 0.1) is 6.92 Å². The van der Waals surface area contributed by atoms with Crippen molar-refractivity contribution in [2.45, 2.75) is 26.7 Å². The first-order valence-electron chi connectivity index (χ1n) is 4.05. The average molecular weight is 199 g/mol. The van der Waals surface area contributed by atoms with Gasteiger partial charge < -0.3 is 0 Å². The molecule has 70 valence electrons. The van der Waals surface area contributed by atoms with Crippen molar-refractivity contribution in [2.24, 2.45) is 0 Å². The van der Waals surface area contributed by atoms with Crippen molar-refractivity contribution >= 4 is 17.9 Å². The number of rotatable bonds is 2. The molecule has 0 aromatic carbocycles. The number of aryl methyl sites for hydroxylation is 1. The molecule has 13 heavy (non-hydrogen) atoms. The number of carbonyl (C=O) groups is 1. The van der Waals surface area contributed by atoms with Gasteiger partial charge in [0.15, 0.2) is 6.29 Å². The quantitative estimate of drug-likeness (QED) is 0.541. The maximum Gasteiger partial charge on any atom is 0.155 e. The zero-order valence-electron chi connectivity index (χ0n) is 7.84. The predicted octanol–water partition coefficient (Wildman–Crippen LogP) is 2.37. The number of hydrogen-bond acceptors (Lipinski definition) is 3. The highest BCUT2D eigenvalue weighted by molar-refractivity contribution is 6.31. The second kappa shape index (κ2) is 3.83. The molecule has 0 aliphatic rings. The molecular formula is C9H11ClN2O. The molecule has 0 aliphatic heterocycles. The Morgan fingerprint density at radius 3 is 2.46 bits per heavy atom. The number of carbonyl (C=O) groups excluding carboxylic acids is 1. The molecule has 3 nitrogen and oxygen atoms in total. The van der Waals surface area contributed by atoms with Gasteiger partial charge in [0.1, 0.15) is 11.0 Å². The fourth-order valence-corrected chi connectivity index (χ4v) is 1.38. The summed E-state index contributed by atoms with van der Waals surface area (Å²) in [6.07, 6.45) is 0.705. The van der Waals surface area contributed by atoms with Crippen LogP contribution in [0.15, 0.2) is 0 Å². The van der Waals surface area contributed by atoms with Gasteiger partial charge in [-0.05, 0) is 12.8 Å². The summed E-state index contributed by atoms with van der Waals surface area (Å²) in [6, 6.07) is 0. The zero-order valence-corrected chi connectivity index (χ0v) is 8.59. The van der Waals surface area contributed by atoms with Crippen molar-refractivity contribution in [1.29, 1.82) is 0 Å². The van der Waals surface area contributed by atoms with E-state index in [0.29, 0.717) is 23.4 Å². The molecule has 0 aliphatic carbocycles. The SMILES string of the molecule is Cc1nc(Cl)c(C=O)c(C(C)C)n1. The van der Waals surface area contributed by atoms with Crippen LogP contribution in [0.1, 0.15) is 41.6 Å². The van der Waals surface area contributed by atoms with E-state index in [-0.39, 0.29) is 11.1 Å². The monoisotopic (exact) mass is 198 g/mol. The van der Waals surface area contributed by atoms with E-state index in [2.05, 4.69) is 9.97 Å². The molecule has 0 fully saturated rings. The Hall–Kier alpha value is -0.960. The molecule has 4 heteroatoms. The smallest absolute Gasteiger partial charge is 0.155 e. The minimum atomic E-state index is 0.180. The van der Waals surface area contributed by atoms with Crippen LogP contribution in [0.25, 0.3) is 0 Å². The van der Waals surface area contributed by atoms with Gasteiger partial charge in [-0.1, -0.05) is 25.4 Å². The van der Waals surface area contributed by atoms with Crippen molar-refractivity contribution in [1.82, 2.24) is 9.97 Å². The van der Waals surface area contributed by atoms with Gasteiger partial charge >= 0.3 is 0 Å². The van der Waals surface area contributed by atoms with Crippen LogP contribution in [0.3, 0.4) is 0 Å². The first kappa shape index (κ1) is 10.1. The molecule has 1 rings (SSSR count). The van der Waals surface area contributed by atoms with E-state index in [1.54, 1.807) is 6.92 Å². The Labute approximate surface area is 82.2 Å². The molecule has 0 atom stereocenters. The van der Waals surface area contributed by atoms with Crippen molar-refractivity contribution in [3.63, 3.8) is 0 Å². The van der Waals surface area contributed by atoms with Gasteiger partial charge in [-0.2, -0.15) is 0 Å². The van der Waals surface area contributed by atoms with Crippen LogP contribution >= 0.6 is 11.6 Å². The highest BCUT2D eigenvalue weighted by Crippen LogP contribution is 2.21. The summed E-state index contributed by atoms with van der Waals surface area (Å²) < 4.78 is 0. The lowest BCUT2D eigenvalue weighted by molar-refractivity contribution is 0.112. The van der Waals surface area contributed by atoms with Gasteiger partial charge in [0.2, 0.25) is 0 Å². The topological polar surface area (TPSA) is 42.9 Å². The molecule has 1 aromatic rings. The van der Waals surface area contributed by atoms with E-state index in [9.17, 15) is 4.79 Å². The van der Waals surface area contributed by atoms with Crippen LogP contribution in [-0.4, -0.2) is 16.3 Å². The summed E-state index contributed by atoms with van der Waals surface area (Å²) in [5.41, 5.74) is 1.12. The Balaban J connectivity index is 3.38. The Bertz CT molecular complexity index is 337. The number of halogens is 1. The van der Waals surface area contributed by atoms with E-state index < -0.39 is 0 Å². The summed E-state index contributed by atoms with van der Waals surface area (Å²) in [5.74, 6) is 0.777. The van der Waals surface area contributed by atoms with Crippen LogP contribution in [0.4, 0.5) is 0 Å². The molecule has 1 aromatic heterocycles. The third-order valence-corrected chi connectivity index (χ3v) is 1.99. The first-order chi connectivity index (χ1) is 6.06. The highest BCUT2D eigenvalue weighted by atomic mass is 35.5. The third kappa shape index (κ3) is 2.04. The summed E-state index contributed by atoms with van der Waals surface area (Å²) >= 11 is 5.80. The highest BCUT2D eigenvalue weighted by Gasteiger charge is 2.13. The van der Waals surface area contributed by atoms with Crippen molar-refractivity contribution in [2.75, 3.05) is 0 Å². The molecule has 0 N–H and O–H groups in total. The van der Waals surface area contributed by atoms with E-state index in [1.807, 2.05) is 13.8 Å². The minimum Gasteiger partial charge on any atom is -0.298 e. The van der Waals surface area contributed by atoms with Crippen LogP contribution < -0.4 is 0 Å². The maximum absolute atomic E-state index is 10.7. The number of hydrogen-bond donors (Lipinski definition) is 0. The lowest BCUT2D eigenvalue weighted by Crippen LogP contribution is -2.04. The molecule has 0 bridgehead atoms. The summed E-state index contributed by atoms with van der Waals surface area (Å²) in [6.45, 7) is 5.68. The van der Waals surface area contributed by atoms with Gasteiger partial charge in [-0.25, -0.2) is 9.97 Å². The molecule has 0 saturated heterocycles. The van der Waals surface area contributed by atoms with Crippen molar-refractivity contribution in [3.8, 4) is 0 Å². The average Bonchev–Trinajstić information content (AvgIpc) is 2.02. The third-order valence-electron chi connectivity index (χ3n) is 1.71. The van der Waals surface area contributed by atoms with E-state index >= 15 is 0 Å². The van der Waals surface area contributed by atoms with Gasteiger partial charge in [0.25, 0.3) is 0 Å². The standard InChI is InChI=1S/C9H11ClN2O/c1-5(2)8-7(4-13)9(10)12-6(3)11-8/h4-5H,1-3H3. The van der Waals surface area contributed by atoms with Crippen molar-refractivity contribution < 1.29 is 4.79 Å². The number of aromatic nitrogens is 2. The van der Waals surface area contributed by atoms with E-state index in [1.165, 1.54) is 0 Å². The molecule has 0 radical (unpaired) electrons. The summed E-state index contributed by atoms with van der Waals surface area (Å²) in [5, 5.41) is 0.242. The van der Waals surface area contributed by atoms with Gasteiger partial charge in [0.05, 0.1) is 11.3 Å². The second-order valence-electron chi connectivity index (χ2n) is 3.13. The predicted molar refractivity (Wildman–Crippen MR) is 51.3 cm³/mol. The molecule has 0 unspecified atom stereocenters. The Kier molecular flexibility index (Phi) is 2.98. The van der Waals surface area contributed by atoms with E-state index in [4.69, 9.17) is 11.6 Å². The first-order valence-corrected chi connectivity index (χ1v) is 4.43. The van der Waals surface area contributed by atoms with Gasteiger partial charge in [-0.3, -0.25) is 4.79 Å². The Morgan fingerprint density at radius 2 is 2.00 bits per heavy atom. The maximum atomic E-state index is 10.7. The normalized spacial score (nSPS) is 10.5. The lowest BCUT2D eigenvalue weighted by atomic mass is 10.1. The molecule has 0 spiro atoms.